The summed E-state index contributed by atoms with van der Waals surface area (Å²) in [4.78, 5) is 16.6. The van der Waals surface area contributed by atoms with Crippen LogP contribution in [0.4, 0.5) is 19.3 Å². The summed E-state index contributed by atoms with van der Waals surface area (Å²) in [5.74, 6) is -0.622. The van der Waals surface area contributed by atoms with Crippen LogP contribution >= 0.6 is 23.2 Å². The summed E-state index contributed by atoms with van der Waals surface area (Å²) in [6.45, 7) is 2.19. The topological polar surface area (TPSA) is 35.6 Å². The van der Waals surface area contributed by atoms with Gasteiger partial charge in [-0.05, 0) is 53.6 Å². The number of piperazine rings is 1. The van der Waals surface area contributed by atoms with Crippen LogP contribution in [0.5, 0.6) is 0 Å². The molecular weight excluding hydrogens is 455 g/mol. The fourth-order valence-electron chi connectivity index (χ4n) is 3.87. The number of hydrogen-bond donors (Lipinski definition) is 1. The van der Waals surface area contributed by atoms with Crippen molar-refractivity contribution in [3.63, 3.8) is 0 Å². The van der Waals surface area contributed by atoms with Gasteiger partial charge in [0.25, 0.3) is 0 Å². The van der Waals surface area contributed by atoms with E-state index < -0.39 is 0 Å². The maximum Gasteiger partial charge on any atom is 0.321 e. The lowest BCUT2D eigenvalue weighted by atomic mass is 9.96. The number of anilines is 1. The highest BCUT2D eigenvalue weighted by Gasteiger charge is 2.28. The van der Waals surface area contributed by atoms with E-state index in [4.69, 9.17) is 23.2 Å². The second-order valence-corrected chi connectivity index (χ2v) is 8.43. The number of urea groups is 1. The average Bonchev–Trinajstić information content (AvgIpc) is 2.79. The van der Waals surface area contributed by atoms with Crippen molar-refractivity contribution in [2.45, 2.75) is 6.04 Å². The van der Waals surface area contributed by atoms with E-state index in [9.17, 15) is 13.6 Å². The molecule has 1 saturated heterocycles. The van der Waals surface area contributed by atoms with E-state index in [2.05, 4.69) is 10.2 Å². The van der Waals surface area contributed by atoms with E-state index in [1.165, 1.54) is 24.3 Å². The highest BCUT2D eigenvalue weighted by molar-refractivity contribution is 6.36. The first-order valence-electron chi connectivity index (χ1n) is 10.2. The number of halogens is 4. The molecule has 166 valence electrons. The molecule has 1 heterocycles. The van der Waals surface area contributed by atoms with Gasteiger partial charge in [0, 0.05) is 31.2 Å². The highest BCUT2D eigenvalue weighted by atomic mass is 35.5. The number of rotatable bonds is 4. The van der Waals surface area contributed by atoms with E-state index in [1.807, 2.05) is 0 Å². The predicted octanol–water partition coefficient (Wildman–Crippen LogP) is 6.21. The summed E-state index contributed by atoms with van der Waals surface area (Å²) >= 11 is 12.1. The second kappa shape index (κ2) is 9.86. The van der Waals surface area contributed by atoms with Gasteiger partial charge in [0.2, 0.25) is 0 Å². The standard InChI is InChI=1S/C24H21Cl2F2N3O/c25-18-5-10-22(21(26)15-18)29-24(32)31-13-11-30(12-14-31)23(16-1-6-19(27)7-2-16)17-3-8-20(28)9-4-17/h1-10,15,23H,11-14H2,(H,29,32). The van der Waals surface area contributed by atoms with Gasteiger partial charge < -0.3 is 10.2 Å². The maximum absolute atomic E-state index is 13.5. The van der Waals surface area contributed by atoms with Crippen molar-refractivity contribution >= 4 is 34.9 Å². The van der Waals surface area contributed by atoms with Crippen molar-refractivity contribution in [3.8, 4) is 0 Å². The first-order chi connectivity index (χ1) is 15.4. The molecule has 0 bridgehead atoms. The summed E-state index contributed by atoms with van der Waals surface area (Å²) in [6, 6.07) is 17.1. The van der Waals surface area contributed by atoms with Crippen molar-refractivity contribution in [2.24, 2.45) is 0 Å². The fourth-order valence-corrected chi connectivity index (χ4v) is 4.33. The van der Waals surface area contributed by atoms with Crippen molar-refractivity contribution < 1.29 is 13.6 Å². The molecule has 0 aliphatic carbocycles. The van der Waals surface area contributed by atoms with Gasteiger partial charge in [-0.3, -0.25) is 4.90 Å². The molecule has 4 rings (SSSR count). The van der Waals surface area contributed by atoms with Crippen LogP contribution in [0.2, 0.25) is 10.0 Å². The number of carbonyl (C=O) groups excluding carboxylic acids is 1. The molecule has 1 aliphatic heterocycles. The molecule has 3 aromatic rings. The summed E-state index contributed by atoms with van der Waals surface area (Å²) < 4.78 is 27.0. The van der Waals surface area contributed by atoms with E-state index >= 15 is 0 Å². The van der Waals surface area contributed by atoms with Crippen LogP contribution in [-0.2, 0) is 0 Å². The Labute approximate surface area is 195 Å². The largest absolute Gasteiger partial charge is 0.322 e. The lowest BCUT2D eigenvalue weighted by Crippen LogP contribution is -2.51. The van der Waals surface area contributed by atoms with Gasteiger partial charge in [-0.1, -0.05) is 47.5 Å². The molecule has 32 heavy (non-hydrogen) atoms. The van der Waals surface area contributed by atoms with Crippen LogP contribution < -0.4 is 5.32 Å². The number of hydrogen-bond acceptors (Lipinski definition) is 2. The molecule has 4 nitrogen and oxygen atoms in total. The molecule has 0 unspecified atom stereocenters. The number of nitrogens with one attached hydrogen (secondary N) is 1. The number of amides is 2. The fraction of sp³-hybridized carbons (Fsp3) is 0.208. The Morgan fingerprint density at radius 1 is 0.812 bits per heavy atom. The number of benzene rings is 3. The normalized spacial score (nSPS) is 14.6. The molecular formula is C24H21Cl2F2N3O. The van der Waals surface area contributed by atoms with E-state index in [0.29, 0.717) is 41.9 Å². The van der Waals surface area contributed by atoms with Crippen molar-refractivity contribution in [2.75, 3.05) is 31.5 Å². The third kappa shape index (κ3) is 5.21. The molecule has 1 fully saturated rings. The molecule has 0 atom stereocenters. The third-order valence-electron chi connectivity index (χ3n) is 5.51. The summed E-state index contributed by atoms with van der Waals surface area (Å²) in [7, 11) is 0. The van der Waals surface area contributed by atoms with E-state index in [-0.39, 0.29) is 23.7 Å². The van der Waals surface area contributed by atoms with Gasteiger partial charge in [0.15, 0.2) is 0 Å². The van der Waals surface area contributed by atoms with Gasteiger partial charge in [-0.15, -0.1) is 0 Å². The van der Waals surface area contributed by atoms with Gasteiger partial charge in [-0.25, -0.2) is 13.6 Å². The SMILES string of the molecule is O=C(Nc1ccc(Cl)cc1Cl)N1CCN(C(c2ccc(F)cc2)c2ccc(F)cc2)CC1. The molecule has 2 amide bonds. The Hall–Kier alpha value is -2.67. The van der Waals surface area contributed by atoms with Gasteiger partial charge in [0.1, 0.15) is 11.6 Å². The van der Waals surface area contributed by atoms with Gasteiger partial charge in [0.05, 0.1) is 16.8 Å². The van der Waals surface area contributed by atoms with E-state index in [0.717, 1.165) is 11.1 Å². The average molecular weight is 476 g/mol. The van der Waals surface area contributed by atoms with E-state index in [1.54, 1.807) is 47.4 Å². The Balaban J connectivity index is 1.47. The van der Waals surface area contributed by atoms with Crippen LogP contribution in [0.25, 0.3) is 0 Å². The van der Waals surface area contributed by atoms with Crippen molar-refractivity contribution in [1.82, 2.24) is 9.80 Å². The zero-order valence-electron chi connectivity index (χ0n) is 17.1. The highest BCUT2D eigenvalue weighted by Crippen LogP contribution is 2.30. The van der Waals surface area contributed by atoms with Crippen molar-refractivity contribution in [1.29, 1.82) is 0 Å². The molecule has 0 aromatic heterocycles. The molecule has 8 heteroatoms. The minimum Gasteiger partial charge on any atom is -0.322 e. The molecule has 1 N–H and O–H groups in total. The molecule has 3 aromatic carbocycles. The molecule has 1 aliphatic rings. The third-order valence-corrected chi connectivity index (χ3v) is 6.06. The number of carbonyl (C=O) groups is 1. The minimum atomic E-state index is -0.311. The smallest absolute Gasteiger partial charge is 0.321 e. The minimum absolute atomic E-state index is 0.174. The molecule has 0 radical (unpaired) electrons. The molecule has 0 spiro atoms. The zero-order chi connectivity index (χ0) is 22.7. The predicted molar refractivity (Wildman–Crippen MR) is 123 cm³/mol. The Morgan fingerprint density at radius 3 is 1.84 bits per heavy atom. The van der Waals surface area contributed by atoms with Crippen molar-refractivity contribution in [3.05, 3.63) is 99.5 Å². The second-order valence-electron chi connectivity index (χ2n) is 7.58. The summed E-state index contributed by atoms with van der Waals surface area (Å²) in [5, 5.41) is 3.69. The lowest BCUT2D eigenvalue weighted by Gasteiger charge is -2.39. The molecule has 0 saturated carbocycles. The summed E-state index contributed by atoms with van der Waals surface area (Å²) in [5.41, 5.74) is 2.31. The number of nitrogens with zero attached hydrogens (tertiary/aromatic N) is 2. The first kappa shape index (κ1) is 22.5. The van der Waals surface area contributed by atoms with Crippen LogP contribution in [-0.4, -0.2) is 42.0 Å². The van der Waals surface area contributed by atoms with Crippen LogP contribution in [0.1, 0.15) is 17.2 Å². The quantitative estimate of drug-likeness (QED) is 0.486. The van der Waals surface area contributed by atoms with Crippen LogP contribution in [0.3, 0.4) is 0 Å². The van der Waals surface area contributed by atoms with Crippen LogP contribution in [0, 0.1) is 11.6 Å². The Morgan fingerprint density at radius 2 is 1.34 bits per heavy atom. The summed E-state index contributed by atoms with van der Waals surface area (Å²) in [6.07, 6.45) is 0. The Bertz CT molecular complexity index is 1040. The van der Waals surface area contributed by atoms with Gasteiger partial charge >= 0.3 is 6.03 Å². The first-order valence-corrected chi connectivity index (χ1v) is 10.9. The Kier molecular flexibility index (Phi) is 6.94. The lowest BCUT2D eigenvalue weighted by molar-refractivity contribution is 0.126. The van der Waals surface area contributed by atoms with Gasteiger partial charge in [-0.2, -0.15) is 0 Å². The zero-order valence-corrected chi connectivity index (χ0v) is 18.6. The van der Waals surface area contributed by atoms with Crippen LogP contribution in [0.15, 0.2) is 66.7 Å². The maximum atomic E-state index is 13.5. The monoisotopic (exact) mass is 475 g/mol.